The van der Waals surface area contributed by atoms with E-state index in [4.69, 9.17) is 9.47 Å². The van der Waals surface area contributed by atoms with E-state index in [1.807, 2.05) is 19.1 Å². The number of ether oxygens (including phenoxy) is 2. The number of nitrogens with one attached hydrogen (secondary N) is 2. The molecule has 1 atom stereocenters. The third kappa shape index (κ3) is 4.40. The molecule has 2 aromatic carbocycles. The second-order valence-corrected chi connectivity index (χ2v) is 9.86. The van der Waals surface area contributed by atoms with Crippen molar-refractivity contribution in [3.05, 3.63) is 41.4 Å². The van der Waals surface area contributed by atoms with Crippen LogP contribution in [-0.2, 0) is 14.8 Å². The summed E-state index contributed by atoms with van der Waals surface area (Å²) in [5, 5.41) is 3.68. The monoisotopic (exact) mass is 447 g/mol. The van der Waals surface area contributed by atoms with Crippen LogP contribution in [0.3, 0.4) is 0 Å². The van der Waals surface area contributed by atoms with Crippen molar-refractivity contribution in [2.24, 2.45) is 0 Å². The van der Waals surface area contributed by atoms with Crippen LogP contribution in [-0.4, -0.2) is 38.6 Å². The zero-order valence-corrected chi connectivity index (χ0v) is 18.1. The van der Waals surface area contributed by atoms with Crippen molar-refractivity contribution < 1.29 is 22.7 Å². The standard InChI is InChI=1S/C20H21N3O5S2/c1-12(20(24)22-14-4-6-16-19(10-14)29-13(2)21-16)23-30(25,26)15-5-7-17-18(11-15)28-9-3-8-27-17/h4-7,10-12,23H,3,8-9H2,1-2H3,(H,22,24). The van der Waals surface area contributed by atoms with Crippen LogP contribution in [0.5, 0.6) is 11.5 Å². The lowest BCUT2D eigenvalue weighted by atomic mass is 10.2. The van der Waals surface area contributed by atoms with Gasteiger partial charge in [0, 0.05) is 18.2 Å². The van der Waals surface area contributed by atoms with Gasteiger partial charge in [0.1, 0.15) is 0 Å². The number of nitrogens with zero attached hydrogens (tertiary/aromatic N) is 1. The lowest BCUT2D eigenvalue weighted by Gasteiger charge is -2.15. The summed E-state index contributed by atoms with van der Waals surface area (Å²) in [6.45, 7) is 4.37. The molecule has 4 rings (SSSR count). The number of fused-ring (bicyclic) bond motifs is 2. The molecule has 0 radical (unpaired) electrons. The fourth-order valence-electron chi connectivity index (χ4n) is 3.03. The highest BCUT2D eigenvalue weighted by Crippen LogP contribution is 2.32. The minimum absolute atomic E-state index is 0.00737. The van der Waals surface area contributed by atoms with Gasteiger partial charge in [-0.25, -0.2) is 13.4 Å². The molecule has 30 heavy (non-hydrogen) atoms. The van der Waals surface area contributed by atoms with E-state index < -0.39 is 22.0 Å². The lowest BCUT2D eigenvalue weighted by Crippen LogP contribution is -2.41. The molecule has 0 aliphatic carbocycles. The van der Waals surface area contributed by atoms with E-state index >= 15 is 0 Å². The summed E-state index contributed by atoms with van der Waals surface area (Å²) >= 11 is 1.53. The molecule has 0 fully saturated rings. The number of carbonyl (C=O) groups is 1. The molecular formula is C20H21N3O5S2. The van der Waals surface area contributed by atoms with E-state index in [0.29, 0.717) is 30.4 Å². The first-order chi connectivity index (χ1) is 14.3. The minimum Gasteiger partial charge on any atom is -0.490 e. The molecule has 8 nitrogen and oxygen atoms in total. The van der Waals surface area contributed by atoms with Gasteiger partial charge < -0.3 is 14.8 Å². The van der Waals surface area contributed by atoms with Gasteiger partial charge in [-0.2, -0.15) is 4.72 Å². The molecule has 0 spiro atoms. The maximum absolute atomic E-state index is 12.8. The number of anilines is 1. The molecule has 158 valence electrons. The van der Waals surface area contributed by atoms with Gasteiger partial charge in [-0.3, -0.25) is 4.79 Å². The Morgan fingerprint density at radius 3 is 2.70 bits per heavy atom. The second-order valence-electron chi connectivity index (χ2n) is 6.91. The summed E-state index contributed by atoms with van der Waals surface area (Å²) in [5.41, 5.74) is 1.44. The lowest BCUT2D eigenvalue weighted by molar-refractivity contribution is -0.117. The Hall–Kier alpha value is -2.69. The van der Waals surface area contributed by atoms with E-state index in [1.165, 1.54) is 30.4 Å². The summed E-state index contributed by atoms with van der Waals surface area (Å²) < 4.78 is 39.9. The zero-order valence-electron chi connectivity index (χ0n) is 16.5. The van der Waals surface area contributed by atoms with Crippen molar-refractivity contribution in [1.82, 2.24) is 9.71 Å². The van der Waals surface area contributed by atoms with Crippen LogP contribution in [0.25, 0.3) is 10.2 Å². The van der Waals surface area contributed by atoms with Gasteiger partial charge >= 0.3 is 0 Å². The predicted molar refractivity (Wildman–Crippen MR) is 115 cm³/mol. The van der Waals surface area contributed by atoms with Crippen molar-refractivity contribution in [2.75, 3.05) is 18.5 Å². The second kappa shape index (κ2) is 8.21. The van der Waals surface area contributed by atoms with Crippen molar-refractivity contribution in [3.8, 4) is 11.5 Å². The molecule has 1 aromatic heterocycles. The van der Waals surface area contributed by atoms with Crippen molar-refractivity contribution in [2.45, 2.75) is 31.2 Å². The summed E-state index contributed by atoms with van der Waals surface area (Å²) in [4.78, 5) is 16.9. The Labute approximate surface area is 178 Å². The van der Waals surface area contributed by atoms with Crippen LogP contribution in [0.4, 0.5) is 5.69 Å². The van der Waals surface area contributed by atoms with E-state index in [0.717, 1.165) is 21.6 Å². The molecular weight excluding hydrogens is 426 g/mol. The van der Waals surface area contributed by atoms with Crippen LogP contribution in [0.2, 0.25) is 0 Å². The molecule has 0 saturated carbocycles. The molecule has 2 heterocycles. The Morgan fingerprint density at radius 2 is 1.90 bits per heavy atom. The first kappa shape index (κ1) is 20.6. The Bertz CT molecular complexity index is 1210. The van der Waals surface area contributed by atoms with E-state index in [2.05, 4.69) is 15.0 Å². The van der Waals surface area contributed by atoms with Crippen LogP contribution in [0.1, 0.15) is 18.4 Å². The molecule has 3 aromatic rings. The molecule has 0 bridgehead atoms. The number of rotatable bonds is 5. The van der Waals surface area contributed by atoms with Gasteiger partial charge in [0.05, 0.1) is 39.4 Å². The van der Waals surface area contributed by atoms with Gasteiger partial charge in [-0.1, -0.05) is 0 Å². The number of amides is 1. The van der Waals surface area contributed by atoms with Gasteiger partial charge in [-0.05, 0) is 44.2 Å². The fraction of sp³-hybridized carbons (Fsp3) is 0.300. The van der Waals surface area contributed by atoms with E-state index in [-0.39, 0.29) is 4.90 Å². The quantitative estimate of drug-likeness (QED) is 0.623. The molecule has 1 amide bonds. The first-order valence-corrected chi connectivity index (χ1v) is 11.7. The molecule has 2 N–H and O–H groups in total. The number of benzene rings is 2. The highest BCUT2D eigenvalue weighted by molar-refractivity contribution is 7.89. The van der Waals surface area contributed by atoms with E-state index in [9.17, 15) is 13.2 Å². The van der Waals surface area contributed by atoms with Crippen LogP contribution >= 0.6 is 11.3 Å². The number of aromatic nitrogens is 1. The zero-order chi connectivity index (χ0) is 21.3. The number of hydrogen-bond donors (Lipinski definition) is 2. The van der Waals surface area contributed by atoms with Gasteiger partial charge in [-0.15, -0.1) is 11.3 Å². The van der Waals surface area contributed by atoms with Crippen molar-refractivity contribution >= 4 is 43.2 Å². The topological polar surface area (TPSA) is 107 Å². The SMILES string of the molecule is Cc1nc2ccc(NC(=O)C(C)NS(=O)(=O)c3ccc4c(c3)OCCCO4)cc2s1. The summed E-state index contributed by atoms with van der Waals surface area (Å²) in [5.74, 6) is 0.417. The van der Waals surface area contributed by atoms with Crippen LogP contribution in [0.15, 0.2) is 41.3 Å². The third-order valence-corrected chi connectivity index (χ3v) is 6.99. The highest BCUT2D eigenvalue weighted by atomic mass is 32.2. The van der Waals surface area contributed by atoms with Gasteiger partial charge in [0.2, 0.25) is 15.9 Å². The van der Waals surface area contributed by atoms with Crippen molar-refractivity contribution in [1.29, 1.82) is 0 Å². The Balaban J connectivity index is 1.46. The average Bonchev–Trinajstić information content (AvgIpc) is 2.91. The third-order valence-electron chi connectivity index (χ3n) is 4.52. The van der Waals surface area contributed by atoms with E-state index in [1.54, 1.807) is 12.1 Å². The maximum atomic E-state index is 12.8. The molecule has 1 unspecified atom stereocenters. The summed E-state index contributed by atoms with van der Waals surface area (Å²) in [6, 6.07) is 8.80. The van der Waals surface area contributed by atoms with Gasteiger partial charge in [0.25, 0.3) is 0 Å². The number of aryl methyl sites for hydroxylation is 1. The van der Waals surface area contributed by atoms with Crippen molar-refractivity contribution in [3.63, 3.8) is 0 Å². The predicted octanol–water partition coefficient (Wildman–Crippen LogP) is 3.07. The number of hydrogen-bond acceptors (Lipinski definition) is 7. The smallest absolute Gasteiger partial charge is 0.242 e. The largest absolute Gasteiger partial charge is 0.490 e. The number of thiazole rings is 1. The molecule has 0 saturated heterocycles. The maximum Gasteiger partial charge on any atom is 0.242 e. The number of carbonyl (C=O) groups excluding carboxylic acids is 1. The molecule has 1 aliphatic heterocycles. The fourth-order valence-corrected chi connectivity index (χ4v) is 5.12. The molecule has 1 aliphatic rings. The van der Waals surface area contributed by atoms with Gasteiger partial charge in [0.15, 0.2) is 11.5 Å². The first-order valence-electron chi connectivity index (χ1n) is 9.42. The molecule has 10 heteroatoms. The normalized spacial score (nSPS) is 14.9. The highest BCUT2D eigenvalue weighted by Gasteiger charge is 2.24. The summed E-state index contributed by atoms with van der Waals surface area (Å²) in [7, 11) is -3.93. The Kier molecular flexibility index (Phi) is 5.63. The summed E-state index contributed by atoms with van der Waals surface area (Å²) in [6.07, 6.45) is 0.721. The average molecular weight is 448 g/mol. The minimum atomic E-state index is -3.93. The Morgan fingerprint density at radius 1 is 1.13 bits per heavy atom. The van der Waals surface area contributed by atoms with Crippen LogP contribution < -0.4 is 19.5 Å². The number of sulfonamides is 1. The van der Waals surface area contributed by atoms with Crippen LogP contribution in [0, 0.1) is 6.92 Å².